The molecule has 0 bridgehead atoms. The van der Waals surface area contributed by atoms with Crippen molar-refractivity contribution in [1.29, 1.82) is 0 Å². The molecule has 0 saturated carbocycles. The fourth-order valence-corrected chi connectivity index (χ4v) is 2.62. The Balaban J connectivity index is 2.20. The van der Waals surface area contributed by atoms with Gasteiger partial charge in [0, 0.05) is 26.6 Å². The van der Waals surface area contributed by atoms with E-state index in [9.17, 15) is 0 Å². The Morgan fingerprint density at radius 1 is 1.00 bits per heavy atom. The van der Waals surface area contributed by atoms with Crippen molar-refractivity contribution in [2.45, 2.75) is 6.92 Å². The summed E-state index contributed by atoms with van der Waals surface area (Å²) in [4.78, 5) is 3.46. The Kier molecular flexibility index (Phi) is 2.52. The molecule has 17 heavy (non-hydrogen) atoms. The minimum atomic E-state index is 1.12. The summed E-state index contributed by atoms with van der Waals surface area (Å²) in [6.45, 7) is 2.13. The van der Waals surface area contributed by atoms with Crippen molar-refractivity contribution in [1.82, 2.24) is 4.98 Å². The van der Waals surface area contributed by atoms with Crippen molar-refractivity contribution in [3.05, 3.63) is 58.6 Å². The van der Waals surface area contributed by atoms with E-state index in [-0.39, 0.29) is 0 Å². The molecule has 3 aromatic rings. The van der Waals surface area contributed by atoms with Crippen LogP contribution in [0.1, 0.15) is 5.56 Å². The van der Waals surface area contributed by atoms with Crippen LogP contribution in [-0.4, -0.2) is 4.98 Å². The van der Waals surface area contributed by atoms with E-state index in [0.717, 1.165) is 4.47 Å². The summed E-state index contributed by atoms with van der Waals surface area (Å²) in [7, 11) is 0. The van der Waals surface area contributed by atoms with Crippen LogP contribution in [-0.2, 0) is 0 Å². The van der Waals surface area contributed by atoms with E-state index in [4.69, 9.17) is 0 Å². The molecule has 0 aliphatic carbocycles. The SMILES string of the molecule is Cc1cc(Br)ccc1-c1cc2ccccc2[nH]1. The summed E-state index contributed by atoms with van der Waals surface area (Å²) >= 11 is 3.49. The van der Waals surface area contributed by atoms with E-state index < -0.39 is 0 Å². The molecule has 0 radical (unpaired) electrons. The number of nitrogens with one attached hydrogen (secondary N) is 1. The lowest BCUT2D eigenvalue weighted by atomic mass is 10.1. The number of rotatable bonds is 1. The minimum Gasteiger partial charge on any atom is -0.355 e. The smallest absolute Gasteiger partial charge is 0.0467 e. The van der Waals surface area contributed by atoms with Crippen LogP contribution in [0.25, 0.3) is 22.2 Å². The van der Waals surface area contributed by atoms with Crippen molar-refractivity contribution < 1.29 is 0 Å². The molecule has 84 valence electrons. The van der Waals surface area contributed by atoms with Gasteiger partial charge >= 0.3 is 0 Å². The van der Waals surface area contributed by atoms with Crippen molar-refractivity contribution >= 4 is 26.8 Å². The van der Waals surface area contributed by atoms with Crippen LogP contribution in [0.3, 0.4) is 0 Å². The Bertz CT molecular complexity index is 649. The van der Waals surface area contributed by atoms with Gasteiger partial charge in [-0.15, -0.1) is 0 Å². The zero-order chi connectivity index (χ0) is 11.8. The summed E-state index contributed by atoms with van der Waals surface area (Å²) in [5.41, 5.74) is 4.89. The summed E-state index contributed by atoms with van der Waals surface area (Å²) < 4.78 is 1.12. The molecule has 3 rings (SSSR count). The number of para-hydroxylation sites is 1. The van der Waals surface area contributed by atoms with E-state index >= 15 is 0 Å². The van der Waals surface area contributed by atoms with Gasteiger partial charge in [-0.2, -0.15) is 0 Å². The number of H-pyrrole nitrogens is 1. The molecule has 0 fully saturated rings. The van der Waals surface area contributed by atoms with E-state index in [0.29, 0.717) is 0 Å². The second kappa shape index (κ2) is 4.04. The number of aromatic nitrogens is 1. The van der Waals surface area contributed by atoms with E-state index in [1.54, 1.807) is 0 Å². The lowest BCUT2D eigenvalue weighted by Gasteiger charge is -2.03. The van der Waals surface area contributed by atoms with Gasteiger partial charge in [-0.1, -0.05) is 40.2 Å². The lowest BCUT2D eigenvalue weighted by molar-refractivity contribution is 1.39. The van der Waals surface area contributed by atoms with E-state index in [1.165, 1.54) is 27.7 Å². The number of hydrogen-bond donors (Lipinski definition) is 1. The molecule has 0 amide bonds. The first-order chi connectivity index (χ1) is 8.24. The maximum absolute atomic E-state index is 3.49. The molecule has 0 aliphatic heterocycles. The number of benzene rings is 2. The van der Waals surface area contributed by atoms with Gasteiger partial charge in [-0.3, -0.25) is 0 Å². The van der Waals surface area contributed by atoms with Crippen LogP contribution in [0.4, 0.5) is 0 Å². The third-order valence-corrected chi connectivity index (χ3v) is 3.50. The number of hydrogen-bond acceptors (Lipinski definition) is 0. The van der Waals surface area contributed by atoms with Gasteiger partial charge in [-0.05, 0) is 36.8 Å². The predicted octanol–water partition coefficient (Wildman–Crippen LogP) is 4.91. The molecule has 0 saturated heterocycles. The first-order valence-corrected chi connectivity index (χ1v) is 6.37. The summed E-state index contributed by atoms with van der Waals surface area (Å²) in [5, 5.41) is 1.25. The topological polar surface area (TPSA) is 15.8 Å². The molecule has 1 nitrogen and oxygen atoms in total. The minimum absolute atomic E-state index is 1.12. The molecule has 0 atom stereocenters. The van der Waals surface area contributed by atoms with Crippen molar-refractivity contribution in [2.24, 2.45) is 0 Å². The van der Waals surface area contributed by atoms with E-state index in [1.807, 2.05) is 0 Å². The van der Waals surface area contributed by atoms with Gasteiger partial charge in [-0.25, -0.2) is 0 Å². The average molecular weight is 286 g/mol. The zero-order valence-electron chi connectivity index (χ0n) is 9.50. The second-order valence-corrected chi connectivity index (χ2v) is 5.15. The maximum Gasteiger partial charge on any atom is 0.0467 e. The van der Waals surface area contributed by atoms with Crippen LogP contribution in [0.5, 0.6) is 0 Å². The normalized spacial score (nSPS) is 10.9. The van der Waals surface area contributed by atoms with Crippen LogP contribution in [0.15, 0.2) is 53.0 Å². The molecule has 1 N–H and O–H groups in total. The van der Waals surface area contributed by atoms with Crippen LogP contribution < -0.4 is 0 Å². The van der Waals surface area contributed by atoms with Crippen molar-refractivity contribution in [3.8, 4) is 11.3 Å². The Morgan fingerprint density at radius 3 is 2.59 bits per heavy atom. The van der Waals surface area contributed by atoms with Crippen molar-refractivity contribution in [2.75, 3.05) is 0 Å². The Morgan fingerprint density at radius 2 is 1.82 bits per heavy atom. The van der Waals surface area contributed by atoms with Gasteiger partial charge in [0.05, 0.1) is 0 Å². The van der Waals surface area contributed by atoms with Gasteiger partial charge < -0.3 is 4.98 Å². The van der Waals surface area contributed by atoms with Crippen LogP contribution in [0.2, 0.25) is 0 Å². The Labute approximate surface area is 109 Å². The molecule has 0 aliphatic rings. The van der Waals surface area contributed by atoms with Gasteiger partial charge in [0.2, 0.25) is 0 Å². The van der Waals surface area contributed by atoms with Crippen LogP contribution in [0, 0.1) is 6.92 Å². The molecule has 2 heteroatoms. The fourth-order valence-electron chi connectivity index (χ4n) is 2.15. The molecular weight excluding hydrogens is 274 g/mol. The lowest BCUT2D eigenvalue weighted by Crippen LogP contribution is -1.82. The molecule has 1 heterocycles. The van der Waals surface area contributed by atoms with Gasteiger partial charge in [0.1, 0.15) is 0 Å². The first kappa shape index (κ1) is 10.6. The second-order valence-electron chi connectivity index (χ2n) is 4.23. The quantitative estimate of drug-likeness (QED) is 0.654. The maximum atomic E-state index is 3.49. The highest BCUT2D eigenvalue weighted by Gasteiger charge is 2.05. The number of halogens is 1. The highest BCUT2D eigenvalue weighted by atomic mass is 79.9. The highest BCUT2D eigenvalue weighted by molar-refractivity contribution is 9.10. The monoisotopic (exact) mass is 285 g/mol. The van der Waals surface area contributed by atoms with Gasteiger partial charge in [0.25, 0.3) is 0 Å². The van der Waals surface area contributed by atoms with E-state index in [2.05, 4.69) is 76.4 Å². The molecule has 0 spiro atoms. The standard InChI is InChI=1S/C15H12BrN/c1-10-8-12(16)6-7-13(10)15-9-11-4-2-3-5-14(11)17-15/h2-9,17H,1H3. The fraction of sp³-hybridized carbons (Fsp3) is 0.0667. The average Bonchev–Trinajstić information content (AvgIpc) is 2.72. The number of fused-ring (bicyclic) bond motifs is 1. The van der Waals surface area contributed by atoms with Crippen molar-refractivity contribution in [3.63, 3.8) is 0 Å². The number of aryl methyl sites for hydroxylation is 1. The third-order valence-electron chi connectivity index (χ3n) is 3.01. The van der Waals surface area contributed by atoms with Crippen LogP contribution >= 0.6 is 15.9 Å². The largest absolute Gasteiger partial charge is 0.355 e. The van der Waals surface area contributed by atoms with Gasteiger partial charge in [0.15, 0.2) is 0 Å². The molecule has 0 unspecified atom stereocenters. The predicted molar refractivity (Wildman–Crippen MR) is 76.2 cm³/mol. The highest BCUT2D eigenvalue weighted by Crippen LogP contribution is 2.28. The summed E-state index contributed by atoms with van der Waals surface area (Å²) in [5.74, 6) is 0. The molecule has 1 aromatic heterocycles. The third kappa shape index (κ3) is 1.89. The molecule has 2 aromatic carbocycles. The first-order valence-electron chi connectivity index (χ1n) is 5.58. The summed E-state index contributed by atoms with van der Waals surface area (Å²) in [6.07, 6.45) is 0. The summed E-state index contributed by atoms with van der Waals surface area (Å²) in [6, 6.07) is 16.9. The Hall–Kier alpha value is -1.54. The number of aromatic amines is 1. The molecular formula is C15H12BrN. The zero-order valence-corrected chi connectivity index (χ0v) is 11.1.